The molecule has 31 heavy (non-hydrogen) atoms. The van der Waals surface area contributed by atoms with Crippen LogP contribution in [-0.2, 0) is 6.18 Å². The summed E-state index contributed by atoms with van der Waals surface area (Å²) in [5.41, 5.74) is -1.20. The van der Waals surface area contributed by atoms with E-state index >= 15 is 0 Å². The van der Waals surface area contributed by atoms with Gasteiger partial charge in [-0.1, -0.05) is 17.7 Å². The molecule has 1 unspecified atom stereocenters. The van der Waals surface area contributed by atoms with Gasteiger partial charge >= 0.3 is 6.18 Å². The second-order valence-corrected chi connectivity index (χ2v) is 8.50. The van der Waals surface area contributed by atoms with Gasteiger partial charge in [0.15, 0.2) is 5.82 Å². The summed E-state index contributed by atoms with van der Waals surface area (Å²) in [4.78, 5) is 20.0. The van der Waals surface area contributed by atoms with Crippen LogP contribution in [0.25, 0.3) is 5.82 Å². The number of hydrogen-bond donors (Lipinski definition) is 1. The lowest BCUT2D eigenvalue weighted by Gasteiger charge is -2.27. The smallest absolute Gasteiger partial charge is 0.380 e. The van der Waals surface area contributed by atoms with E-state index < -0.39 is 17.3 Å². The van der Waals surface area contributed by atoms with Gasteiger partial charge in [-0.2, -0.15) is 23.0 Å². The van der Waals surface area contributed by atoms with Crippen molar-refractivity contribution in [1.82, 2.24) is 19.7 Å². The van der Waals surface area contributed by atoms with Crippen molar-refractivity contribution in [3.63, 3.8) is 0 Å². The molecule has 0 spiro atoms. The van der Waals surface area contributed by atoms with Gasteiger partial charge < -0.3 is 5.32 Å². The number of likely N-dealkylation sites (tertiary alicyclic amines) is 1. The zero-order valence-corrected chi connectivity index (χ0v) is 17.8. The van der Waals surface area contributed by atoms with E-state index in [1.165, 1.54) is 11.1 Å². The molecule has 4 rings (SSSR count). The molecule has 1 N–H and O–H groups in total. The van der Waals surface area contributed by atoms with Crippen LogP contribution in [0.5, 0.6) is 0 Å². The molecule has 0 radical (unpaired) electrons. The summed E-state index contributed by atoms with van der Waals surface area (Å²) >= 11 is 7.94. The van der Waals surface area contributed by atoms with Gasteiger partial charge in [-0.15, -0.1) is 11.3 Å². The lowest BCUT2D eigenvalue weighted by Crippen LogP contribution is -2.31. The maximum absolute atomic E-state index is 12.7. The molecule has 11 heteroatoms. The molecule has 3 aromatic rings. The van der Waals surface area contributed by atoms with E-state index in [1.54, 1.807) is 11.3 Å². The minimum Gasteiger partial charge on any atom is -0.380 e. The van der Waals surface area contributed by atoms with E-state index in [0.29, 0.717) is 18.4 Å². The minimum absolute atomic E-state index is 0.0417. The maximum atomic E-state index is 12.7. The molecule has 1 aliphatic rings. The Balaban J connectivity index is 1.54. The average molecular weight is 470 g/mol. The molecule has 0 aromatic carbocycles. The fourth-order valence-corrected chi connectivity index (χ4v) is 4.61. The second-order valence-electron chi connectivity index (χ2n) is 7.15. The Morgan fingerprint density at radius 3 is 2.58 bits per heavy atom. The number of anilines is 1. The normalized spacial score (nSPS) is 15.9. The minimum atomic E-state index is -4.51. The summed E-state index contributed by atoms with van der Waals surface area (Å²) in [5, 5.41) is 9.20. The third kappa shape index (κ3) is 4.76. The van der Waals surface area contributed by atoms with Crippen LogP contribution in [0, 0.1) is 0 Å². The van der Waals surface area contributed by atoms with Gasteiger partial charge in [-0.3, -0.25) is 9.69 Å². The van der Waals surface area contributed by atoms with Crippen molar-refractivity contribution >= 4 is 28.6 Å². The van der Waals surface area contributed by atoms with Gasteiger partial charge in [0.05, 0.1) is 23.5 Å². The Morgan fingerprint density at radius 2 is 1.97 bits per heavy atom. The van der Waals surface area contributed by atoms with Crippen molar-refractivity contribution in [2.75, 3.05) is 25.0 Å². The highest BCUT2D eigenvalue weighted by atomic mass is 35.5. The van der Waals surface area contributed by atoms with Gasteiger partial charge in [-0.25, -0.2) is 4.98 Å². The van der Waals surface area contributed by atoms with Crippen molar-refractivity contribution in [2.45, 2.75) is 25.1 Å². The van der Waals surface area contributed by atoms with Crippen molar-refractivity contribution in [3.05, 3.63) is 67.9 Å². The van der Waals surface area contributed by atoms with Gasteiger partial charge in [0.2, 0.25) is 0 Å². The summed E-state index contributed by atoms with van der Waals surface area (Å²) in [5.74, 6) is -0.0417. The molecule has 4 heterocycles. The number of halogens is 4. The van der Waals surface area contributed by atoms with Gasteiger partial charge in [-0.05, 0) is 49.5 Å². The van der Waals surface area contributed by atoms with Crippen LogP contribution < -0.4 is 10.9 Å². The van der Waals surface area contributed by atoms with E-state index in [1.807, 2.05) is 11.4 Å². The highest BCUT2D eigenvalue weighted by Gasteiger charge is 2.31. The maximum Gasteiger partial charge on any atom is 0.417 e. The molecule has 1 fully saturated rings. The predicted molar refractivity (Wildman–Crippen MR) is 114 cm³/mol. The van der Waals surface area contributed by atoms with Crippen molar-refractivity contribution in [2.24, 2.45) is 0 Å². The largest absolute Gasteiger partial charge is 0.417 e. The Hall–Kier alpha value is -2.43. The first-order chi connectivity index (χ1) is 14.8. The highest BCUT2D eigenvalue weighted by Crippen LogP contribution is 2.30. The van der Waals surface area contributed by atoms with E-state index in [-0.39, 0.29) is 16.9 Å². The van der Waals surface area contributed by atoms with Crippen LogP contribution in [0.3, 0.4) is 0 Å². The van der Waals surface area contributed by atoms with E-state index in [0.717, 1.165) is 42.7 Å². The summed E-state index contributed by atoms with van der Waals surface area (Å²) in [7, 11) is 0. The van der Waals surface area contributed by atoms with Crippen molar-refractivity contribution in [3.8, 4) is 5.82 Å². The van der Waals surface area contributed by atoms with E-state index in [4.69, 9.17) is 11.6 Å². The highest BCUT2D eigenvalue weighted by molar-refractivity contribution is 7.10. The fourth-order valence-electron chi connectivity index (χ4n) is 3.55. The number of alkyl halides is 3. The topological polar surface area (TPSA) is 63.1 Å². The average Bonchev–Trinajstić information content (AvgIpc) is 3.46. The van der Waals surface area contributed by atoms with Crippen molar-refractivity contribution < 1.29 is 13.2 Å². The first-order valence-corrected chi connectivity index (χ1v) is 10.9. The molecule has 6 nitrogen and oxygen atoms in total. The molecule has 1 saturated heterocycles. The zero-order chi connectivity index (χ0) is 22.0. The van der Waals surface area contributed by atoms with E-state index in [9.17, 15) is 18.0 Å². The molecule has 164 valence electrons. The third-order valence-corrected chi connectivity index (χ3v) is 6.49. The molecule has 0 saturated carbocycles. The Kier molecular flexibility index (Phi) is 6.31. The number of thiophene rings is 1. The molecule has 0 amide bonds. The zero-order valence-electron chi connectivity index (χ0n) is 16.3. The van der Waals surface area contributed by atoms with Gasteiger partial charge in [0.1, 0.15) is 5.02 Å². The summed E-state index contributed by atoms with van der Waals surface area (Å²) in [6, 6.07) is 6.18. The molecule has 1 atom stereocenters. The molecule has 1 aliphatic heterocycles. The van der Waals surface area contributed by atoms with Crippen LogP contribution in [0.2, 0.25) is 5.02 Å². The number of pyridine rings is 1. The number of rotatable bonds is 6. The standard InChI is InChI=1S/C20H19ClF3N5OS/c21-18-14(25-12-15(16-4-3-9-31-16)28-7-1-2-8-28)11-27-29(19(18)30)17-6-5-13(10-26-17)20(22,23)24/h3-6,9-11,15,25H,1-2,7-8,12H2. The Bertz CT molecular complexity index is 1080. The molecular formula is C20H19ClF3N5OS. The SMILES string of the molecule is O=c1c(Cl)c(NCC(c2cccs2)N2CCCC2)cnn1-c1ccc(C(F)(F)F)cn1. The van der Waals surface area contributed by atoms with Crippen LogP contribution in [0.4, 0.5) is 18.9 Å². The third-order valence-electron chi connectivity index (χ3n) is 5.15. The van der Waals surface area contributed by atoms with Crippen molar-refractivity contribution in [1.29, 1.82) is 0 Å². The Labute approximate surface area is 185 Å². The summed E-state index contributed by atoms with van der Waals surface area (Å²) in [6.45, 7) is 2.57. The monoisotopic (exact) mass is 469 g/mol. The molecule has 0 aliphatic carbocycles. The Morgan fingerprint density at radius 1 is 1.19 bits per heavy atom. The number of nitrogens with one attached hydrogen (secondary N) is 1. The molecule has 0 bridgehead atoms. The first-order valence-electron chi connectivity index (χ1n) is 9.67. The first kappa shape index (κ1) is 21.8. The van der Waals surface area contributed by atoms with Crippen LogP contribution >= 0.6 is 22.9 Å². The number of hydrogen-bond acceptors (Lipinski definition) is 6. The quantitative estimate of drug-likeness (QED) is 0.571. The molecular weight excluding hydrogens is 451 g/mol. The fraction of sp³-hybridized carbons (Fsp3) is 0.350. The van der Waals surface area contributed by atoms with E-state index in [2.05, 4.69) is 26.4 Å². The van der Waals surface area contributed by atoms with Crippen LogP contribution in [-0.4, -0.2) is 39.3 Å². The summed E-state index contributed by atoms with van der Waals surface area (Å²) < 4.78 is 39.1. The molecule has 3 aromatic heterocycles. The van der Waals surface area contributed by atoms with Crippen LogP contribution in [0.15, 0.2) is 46.8 Å². The van der Waals surface area contributed by atoms with Crippen LogP contribution in [0.1, 0.15) is 29.3 Å². The van der Waals surface area contributed by atoms with Gasteiger partial charge in [0, 0.05) is 17.6 Å². The summed E-state index contributed by atoms with van der Waals surface area (Å²) in [6.07, 6.45) is -0.158. The lowest BCUT2D eigenvalue weighted by molar-refractivity contribution is -0.137. The lowest BCUT2D eigenvalue weighted by atomic mass is 10.2. The number of nitrogens with zero attached hydrogens (tertiary/aromatic N) is 4. The second kappa shape index (κ2) is 8.97. The predicted octanol–water partition coefficient (Wildman–Crippen LogP) is 4.61. The van der Waals surface area contributed by atoms with Gasteiger partial charge in [0.25, 0.3) is 5.56 Å². The number of aromatic nitrogens is 3.